The molecule has 0 spiro atoms. The number of rotatable bonds is 1. The van der Waals surface area contributed by atoms with Crippen molar-refractivity contribution in [2.45, 2.75) is 44.8 Å². The molecule has 0 amide bonds. The van der Waals surface area contributed by atoms with E-state index in [1.165, 1.54) is 25.9 Å². The zero-order valence-electron chi connectivity index (χ0n) is 9.33. The molecule has 1 N–H and O–H groups in total. The third-order valence-corrected chi connectivity index (χ3v) is 3.29. The molecule has 3 nitrogen and oxygen atoms in total. The molecular weight excluding hydrogens is 176 g/mol. The van der Waals surface area contributed by atoms with E-state index < -0.39 is 0 Å². The quantitative estimate of drug-likeness (QED) is 0.676. The molecule has 0 aromatic carbocycles. The Balaban J connectivity index is 1.88. The first-order valence-electron chi connectivity index (χ1n) is 5.83. The summed E-state index contributed by atoms with van der Waals surface area (Å²) in [7, 11) is 0. The van der Waals surface area contributed by atoms with Crippen LogP contribution in [0.25, 0.3) is 0 Å². The second kappa shape index (κ2) is 4.60. The Morgan fingerprint density at radius 2 is 1.64 bits per heavy atom. The molecule has 2 heterocycles. The summed E-state index contributed by atoms with van der Waals surface area (Å²) in [5.41, 5.74) is 0. The number of hydrogen-bond donors (Lipinski definition) is 1. The minimum absolute atomic E-state index is 0.640. The van der Waals surface area contributed by atoms with E-state index in [0.29, 0.717) is 12.1 Å². The van der Waals surface area contributed by atoms with Crippen LogP contribution < -0.4 is 5.32 Å². The molecule has 0 aromatic rings. The van der Waals surface area contributed by atoms with Crippen LogP contribution in [0.4, 0.5) is 0 Å². The summed E-state index contributed by atoms with van der Waals surface area (Å²) < 4.78 is 5.40. The fourth-order valence-corrected chi connectivity index (χ4v) is 2.72. The molecule has 2 rings (SSSR count). The number of piperazine rings is 1. The molecule has 0 unspecified atom stereocenters. The second-order valence-electron chi connectivity index (χ2n) is 4.77. The van der Waals surface area contributed by atoms with Crippen molar-refractivity contribution in [1.29, 1.82) is 0 Å². The molecule has 2 fully saturated rings. The van der Waals surface area contributed by atoms with Crippen molar-refractivity contribution in [2.75, 3.05) is 26.3 Å². The van der Waals surface area contributed by atoms with Crippen molar-refractivity contribution < 1.29 is 4.74 Å². The van der Waals surface area contributed by atoms with E-state index in [2.05, 4.69) is 24.1 Å². The van der Waals surface area contributed by atoms with Crippen LogP contribution in [-0.4, -0.2) is 49.3 Å². The lowest BCUT2D eigenvalue weighted by Crippen LogP contribution is -2.57. The standard InChI is InChI=1S/C11H22N2O/c1-9-7-13(8-10(2)12-9)11-3-5-14-6-4-11/h9-12H,3-8H2,1-2H3/t9-,10+. The van der Waals surface area contributed by atoms with Gasteiger partial charge in [0.25, 0.3) is 0 Å². The third-order valence-electron chi connectivity index (χ3n) is 3.29. The molecular formula is C11H22N2O. The fraction of sp³-hybridized carbons (Fsp3) is 1.00. The molecule has 2 atom stereocenters. The maximum Gasteiger partial charge on any atom is 0.0480 e. The van der Waals surface area contributed by atoms with Crippen LogP contribution in [0.2, 0.25) is 0 Å². The fourth-order valence-electron chi connectivity index (χ4n) is 2.72. The summed E-state index contributed by atoms with van der Waals surface area (Å²) in [4.78, 5) is 2.65. The Bertz CT molecular complexity index is 170. The van der Waals surface area contributed by atoms with Crippen LogP contribution in [0.3, 0.4) is 0 Å². The van der Waals surface area contributed by atoms with Gasteiger partial charge in [-0.2, -0.15) is 0 Å². The lowest BCUT2D eigenvalue weighted by atomic mass is 10.0. The third kappa shape index (κ3) is 2.47. The van der Waals surface area contributed by atoms with E-state index in [4.69, 9.17) is 4.74 Å². The lowest BCUT2D eigenvalue weighted by molar-refractivity contribution is 0.0182. The molecule has 14 heavy (non-hydrogen) atoms. The highest BCUT2D eigenvalue weighted by molar-refractivity contribution is 4.85. The molecule has 2 aliphatic rings. The summed E-state index contributed by atoms with van der Waals surface area (Å²) >= 11 is 0. The average Bonchev–Trinajstić information content (AvgIpc) is 2.18. The van der Waals surface area contributed by atoms with Crippen molar-refractivity contribution in [3.05, 3.63) is 0 Å². The minimum Gasteiger partial charge on any atom is -0.381 e. The van der Waals surface area contributed by atoms with Crippen molar-refractivity contribution in [1.82, 2.24) is 10.2 Å². The first-order valence-corrected chi connectivity index (χ1v) is 5.83. The van der Waals surface area contributed by atoms with Gasteiger partial charge < -0.3 is 10.1 Å². The first kappa shape index (κ1) is 10.4. The Kier molecular flexibility index (Phi) is 3.42. The minimum atomic E-state index is 0.640. The van der Waals surface area contributed by atoms with Gasteiger partial charge in [-0.05, 0) is 26.7 Å². The molecule has 2 saturated heterocycles. The van der Waals surface area contributed by atoms with Crippen molar-refractivity contribution >= 4 is 0 Å². The zero-order valence-corrected chi connectivity index (χ0v) is 9.33. The number of nitrogens with one attached hydrogen (secondary N) is 1. The second-order valence-corrected chi connectivity index (χ2v) is 4.77. The van der Waals surface area contributed by atoms with Crippen LogP contribution in [0, 0.1) is 0 Å². The van der Waals surface area contributed by atoms with Gasteiger partial charge in [-0.3, -0.25) is 4.90 Å². The van der Waals surface area contributed by atoms with E-state index in [1.54, 1.807) is 0 Å². The summed E-state index contributed by atoms with van der Waals surface area (Å²) in [5.74, 6) is 0. The van der Waals surface area contributed by atoms with Crippen LogP contribution in [0.1, 0.15) is 26.7 Å². The maximum atomic E-state index is 5.40. The van der Waals surface area contributed by atoms with Gasteiger partial charge in [-0.25, -0.2) is 0 Å². The van der Waals surface area contributed by atoms with Gasteiger partial charge in [0.2, 0.25) is 0 Å². The van der Waals surface area contributed by atoms with Crippen LogP contribution in [0.5, 0.6) is 0 Å². The monoisotopic (exact) mass is 198 g/mol. The van der Waals surface area contributed by atoms with Gasteiger partial charge in [0, 0.05) is 44.4 Å². The lowest BCUT2D eigenvalue weighted by Gasteiger charge is -2.42. The van der Waals surface area contributed by atoms with Crippen molar-refractivity contribution in [3.8, 4) is 0 Å². The summed E-state index contributed by atoms with van der Waals surface area (Å²) in [6.45, 7) is 8.88. The molecule has 2 aliphatic heterocycles. The average molecular weight is 198 g/mol. The predicted octanol–water partition coefficient (Wildman–Crippen LogP) is 0.848. The van der Waals surface area contributed by atoms with E-state index in [9.17, 15) is 0 Å². The molecule has 0 saturated carbocycles. The highest BCUT2D eigenvalue weighted by atomic mass is 16.5. The normalized spacial score (nSPS) is 37.3. The first-order chi connectivity index (χ1) is 6.75. The molecule has 0 aliphatic carbocycles. The van der Waals surface area contributed by atoms with Crippen molar-refractivity contribution in [2.24, 2.45) is 0 Å². The Hall–Kier alpha value is -0.120. The number of ether oxygens (including phenoxy) is 1. The molecule has 0 bridgehead atoms. The summed E-state index contributed by atoms with van der Waals surface area (Å²) in [6.07, 6.45) is 2.44. The molecule has 3 heteroatoms. The van der Waals surface area contributed by atoms with Crippen LogP contribution in [-0.2, 0) is 4.74 Å². The van der Waals surface area contributed by atoms with E-state index in [0.717, 1.165) is 19.3 Å². The number of nitrogens with zero attached hydrogens (tertiary/aromatic N) is 1. The Morgan fingerprint density at radius 3 is 2.21 bits per heavy atom. The highest BCUT2D eigenvalue weighted by Gasteiger charge is 2.27. The van der Waals surface area contributed by atoms with Gasteiger partial charge in [0.05, 0.1) is 0 Å². The number of hydrogen-bond acceptors (Lipinski definition) is 3. The molecule has 0 aromatic heterocycles. The van der Waals surface area contributed by atoms with E-state index in [-0.39, 0.29) is 0 Å². The Labute approximate surface area is 86.8 Å². The predicted molar refractivity (Wildman–Crippen MR) is 57.5 cm³/mol. The maximum absolute atomic E-state index is 5.40. The van der Waals surface area contributed by atoms with E-state index in [1.807, 2.05) is 0 Å². The SMILES string of the molecule is C[C@@H]1CN(C2CCOCC2)C[C@H](C)N1. The largest absolute Gasteiger partial charge is 0.381 e. The van der Waals surface area contributed by atoms with Crippen LogP contribution >= 0.6 is 0 Å². The van der Waals surface area contributed by atoms with Gasteiger partial charge >= 0.3 is 0 Å². The molecule has 0 radical (unpaired) electrons. The zero-order chi connectivity index (χ0) is 9.97. The van der Waals surface area contributed by atoms with Gasteiger partial charge in [-0.15, -0.1) is 0 Å². The van der Waals surface area contributed by atoms with Gasteiger partial charge in [0.1, 0.15) is 0 Å². The van der Waals surface area contributed by atoms with Gasteiger partial charge in [0.15, 0.2) is 0 Å². The van der Waals surface area contributed by atoms with Crippen molar-refractivity contribution in [3.63, 3.8) is 0 Å². The van der Waals surface area contributed by atoms with Crippen LogP contribution in [0.15, 0.2) is 0 Å². The van der Waals surface area contributed by atoms with E-state index >= 15 is 0 Å². The smallest absolute Gasteiger partial charge is 0.0480 e. The highest BCUT2D eigenvalue weighted by Crippen LogP contribution is 2.17. The Morgan fingerprint density at radius 1 is 1.07 bits per heavy atom. The van der Waals surface area contributed by atoms with Gasteiger partial charge in [-0.1, -0.05) is 0 Å². The molecule has 82 valence electrons. The summed E-state index contributed by atoms with van der Waals surface area (Å²) in [6, 6.07) is 2.05. The summed E-state index contributed by atoms with van der Waals surface area (Å²) in [5, 5.41) is 3.58. The topological polar surface area (TPSA) is 24.5 Å².